The van der Waals surface area contributed by atoms with Gasteiger partial charge in [0.15, 0.2) is 0 Å². The molecule has 0 bridgehead atoms. The fraction of sp³-hybridized carbons (Fsp3) is 0.571. The van der Waals surface area contributed by atoms with Crippen LogP contribution in [0, 0.1) is 5.92 Å². The maximum absolute atomic E-state index is 9.68. The van der Waals surface area contributed by atoms with Gasteiger partial charge in [-0.25, -0.2) is 0 Å². The van der Waals surface area contributed by atoms with Crippen molar-refractivity contribution in [2.45, 2.75) is 46.0 Å². The molecule has 1 aromatic carbocycles. The Labute approximate surface area is 93.1 Å². The summed E-state index contributed by atoms with van der Waals surface area (Å²) in [7, 11) is 0. The molecule has 84 valence electrons. The van der Waals surface area contributed by atoms with E-state index >= 15 is 0 Å². The SMILES string of the molecule is CCCCC(CC)Cc1ccccc1O. The Balaban J connectivity index is 2.54. The molecular weight excluding hydrogens is 184 g/mol. The van der Waals surface area contributed by atoms with Crippen LogP contribution in [-0.2, 0) is 6.42 Å². The van der Waals surface area contributed by atoms with Gasteiger partial charge in [0.1, 0.15) is 5.75 Å². The molecule has 0 aliphatic carbocycles. The molecule has 1 N–H and O–H groups in total. The van der Waals surface area contributed by atoms with Crippen molar-refractivity contribution in [1.29, 1.82) is 0 Å². The highest BCUT2D eigenvalue weighted by Gasteiger charge is 2.09. The van der Waals surface area contributed by atoms with E-state index in [1.165, 1.54) is 25.7 Å². The summed E-state index contributed by atoms with van der Waals surface area (Å²) in [6.07, 6.45) is 6.06. The van der Waals surface area contributed by atoms with Crippen LogP contribution in [0.4, 0.5) is 0 Å². The second-order valence-corrected chi connectivity index (χ2v) is 4.25. The highest BCUT2D eigenvalue weighted by molar-refractivity contribution is 5.31. The summed E-state index contributed by atoms with van der Waals surface area (Å²) in [6, 6.07) is 7.69. The Bertz CT molecular complexity index is 280. The summed E-state index contributed by atoms with van der Waals surface area (Å²) < 4.78 is 0. The lowest BCUT2D eigenvalue weighted by Crippen LogP contribution is -2.03. The van der Waals surface area contributed by atoms with Crippen molar-refractivity contribution in [3.05, 3.63) is 29.8 Å². The standard InChI is InChI=1S/C14H22O/c1-3-5-8-12(4-2)11-13-9-6-7-10-14(13)15/h6-7,9-10,12,15H,3-5,8,11H2,1-2H3. The minimum Gasteiger partial charge on any atom is -0.508 e. The summed E-state index contributed by atoms with van der Waals surface area (Å²) >= 11 is 0. The molecule has 0 spiro atoms. The molecular formula is C14H22O. The minimum absolute atomic E-state index is 0.451. The molecule has 0 amide bonds. The van der Waals surface area contributed by atoms with Crippen molar-refractivity contribution in [2.24, 2.45) is 5.92 Å². The number of aromatic hydroxyl groups is 1. The summed E-state index contributed by atoms with van der Waals surface area (Å²) in [4.78, 5) is 0. The van der Waals surface area contributed by atoms with Crippen LogP contribution in [-0.4, -0.2) is 5.11 Å². The van der Waals surface area contributed by atoms with E-state index in [1.807, 2.05) is 18.2 Å². The van der Waals surface area contributed by atoms with Crippen LogP contribution in [0.1, 0.15) is 45.1 Å². The number of benzene rings is 1. The van der Waals surface area contributed by atoms with Crippen LogP contribution in [0.2, 0.25) is 0 Å². The van der Waals surface area contributed by atoms with E-state index in [1.54, 1.807) is 6.07 Å². The van der Waals surface area contributed by atoms with E-state index in [-0.39, 0.29) is 0 Å². The summed E-state index contributed by atoms with van der Waals surface area (Å²) in [5.74, 6) is 1.17. The fourth-order valence-corrected chi connectivity index (χ4v) is 1.94. The predicted molar refractivity (Wildman–Crippen MR) is 65.1 cm³/mol. The van der Waals surface area contributed by atoms with Gasteiger partial charge >= 0.3 is 0 Å². The smallest absolute Gasteiger partial charge is 0.118 e. The molecule has 1 nitrogen and oxygen atoms in total. The van der Waals surface area contributed by atoms with Crippen LogP contribution >= 0.6 is 0 Å². The van der Waals surface area contributed by atoms with Gasteiger partial charge in [0.05, 0.1) is 0 Å². The first-order chi connectivity index (χ1) is 7.27. The molecule has 0 saturated heterocycles. The third-order valence-corrected chi connectivity index (χ3v) is 3.04. The topological polar surface area (TPSA) is 20.2 Å². The van der Waals surface area contributed by atoms with Gasteiger partial charge in [-0.2, -0.15) is 0 Å². The molecule has 1 aromatic rings. The van der Waals surface area contributed by atoms with Crippen molar-refractivity contribution in [3.63, 3.8) is 0 Å². The normalized spacial score (nSPS) is 12.7. The summed E-state index contributed by atoms with van der Waals surface area (Å²) in [6.45, 7) is 4.47. The molecule has 0 fully saturated rings. The molecule has 1 heteroatoms. The Kier molecular flexibility index (Phi) is 5.23. The van der Waals surface area contributed by atoms with Crippen molar-refractivity contribution in [2.75, 3.05) is 0 Å². The quantitative estimate of drug-likeness (QED) is 0.741. The van der Waals surface area contributed by atoms with E-state index < -0.39 is 0 Å². The molecule has 15 heavy (non-hydrogen) atoms. The largest absolute Gasteiger partial charge is 0.508 e. The van der Waals surface area contributed by atoms with Gasteiger partial charge in [0.25, 0.3) is 0 Å². The third kappa shape index (κ3) is 3.94. The average Bonchev–Trinajstić information content (AvgIpc) is 2.26. The van der Waals surface area contributed by atoms with Gasteiger partial charge in [-0.05, 0) is 24.0 Å². The Morgan fingerprint density at radius 3 is 2.53 bits per heavy atom. The highest BCUT2D eigenvalue weighted by atomic mass is 16.3. The van der Waals surface area contributed by atoms with Crippen molar-refractivity contribution in [1.82, 2.24) is 0 Å². The Hall–Kier alpha value is -0.980. The summed E-state index contributed by atoms with van der Waals surface area (Å²) in [5, 5.41) is 9.68. The number of para-hydroxylation sites is 1. The summed E-state index contributed by atoms with van der Waals surface area (Å²) in [5.41, 5.74) is 1.10. The first kappa shape index (κ1) is 12.1. The first-order valence-corrected chi connectivity index (χ1v) is 6.04. The van der Waals surface area contributed by atoms with Crippen LogP contribution in [0.25, 0.3) is 0 Å². The fourth-order valence-electron chi connectivity index (χ4n) is 1.94. The molecule has 1 rings (SSSR count). The molecule has 0 aliphatic rings. The number of phenolic OH excluding ortho intramolecular Hbond substituents is 1. The number of phenols is 1. The van der Waals surface area contributed by atoms with Gasteiger partial charge in [0, 0.05) is 0 Å². The number of hydrogen-bond acceptors (Lipinski definition) is 1. The molecule has 1 atom stereocenters. The maximum Gasteiger partial charge on any atom is 0.118 e. The second kappa shape index (κ2) is 6.49. The zero-order valence-electron chi connectivity index (χ0n) is 9.87. The highest BCUT2D eigenvalue weighted by Crippen LogP contribution is 2.23. The average molecular weight is 206 g/mol. The van der Waals surface area contributed by atoms with Crippen molar-refractivity contribution < 1.29 is 5.11 Å². The van der Waals surface area contributed by atoms with Gasteiger partial charge in [-0.1, -0.05) is 57.7 Å². The lowest BCUT2D eigenvalue weighted by Gasteiger charge is -2.15. The first-order valence-electron chi connectivity index (χ1n) is 6.04. The Morgan fingerprint density at radius 2 is 1.93 bits per heavy atom. The predicted octanol–water partition coefficient (Wildman–Crippen LogP) is 4.15. The van der Waals surface area contributed by atoms with Crippen LogP contribution in [0.5, 0.6) is 5.75 Å². The molecule has 0 heterocycles. The van der Waals surface area contributed by atoms with Crippen LogP contribution in [0.15, 0.2) is 24.3 Å². The number of rotatable bonds is 6. The van der Waals surface area contributed by atoms with Crippen LogP contribution in [0.3, 0.4) is 0 Å². The van der Waals surface area contributed by atoms with Crippen molar-refractivity contribution >= 4 is 0 Å². The van der Waals surface area contributed by atoms with E-state index in [9.17, 15) is 5.11 Å². The second-order valence-electron chi connectivity index (χ2n) is 4.25. The van der Waals surface area contributed by atoms with Gasteiger partial charge in [0.2, 0.25) is 0 Å². The number of unbranched alkanes of at least 4 members (excludes halogenated alkanes) is 1. The molecule has 0 aromatic heterocycles. The van der Waals surface area contributed by atoms with E-state index in [4.69, 9.17) is 0 Å². The van der Waals surface area contributed by atoms with E-state index in [0.29, 0.717) is 5.75 Å². The molecule has 1 unspecified atom stereocenters. The minimum atomic E-state index is 0.451. The maximum atomic E-state index is 9.68. The van der Waals surface area contributed by atoms with Gasteiger partial charge in [-0.15, -0.1) is 0 Å². The Morgan fingerprint density at radius 1 is 1.20 bits per heavy atom. The molecule has 0 saturated carbocycles. The lowest BCUT2D eigenvalue weighted by atomic mass is 9.92. The van der Waals surface area contributed by atoms with Gasteiger partial charge in [-0.3, -0.25) is 0 Å². The van der Waals surface area contributed by atoms with Gasteiger partial charge < -0.3 is 5.11 Å². The van der Waals surface area contributed by atoms with E-state index in [0.717, 1.165) is 17.9 Å². The monoisotopic (exact) mass is 206 g/mol. The zero-order valence-corrected chi connectivity index (χ0v) is 9.87. The van der Waals surface area contributed by atoms with Crippen molar-refractivity contribution in [3.8, 4) is 5.75 Å². The van der Waals surface area contributed by atoms with E-state index in [2.05, 4.69) is 13.8 Å². The number of hydrogen-bond donors (Lipinski definition) is 1. The molecule has 0 radical (unpaired) electrons. The molecule has 0 aliphatic heterocycles. The third-order valence-electron chi connectivity index (χ3n) is 3.04. The zero-order chi connectivity index (χ0) is 11.1. The lowest BCUT2D eigenvalue weighted by molar-refractivity contribution is 0.426. The van der Waals surface area contributed by atoms with Crippen LogP contribution < -0.4 is 0 Å².